The first kappa shape index (κ1) is 22.9. The van der Waals surface area contributed by atoms with E-state index in [0.717, 1.165) is 23.1 Å². The number of nitrogens with one attached hydrogen (secondary N) is 1. The Balaban J connectivity index is 1.69. The molecular formula is C23H30N2O5S. The molecule has 0 aromatic heterocycles. The zero-order valence-electron chi connectivity index (χ0n) is 18.8. The summed E-state index contributed by atoms with van der Waals surface area (Å²) in [5.41, 5.74) is 2.18. The summed E-state index contributed by atoms with van der Waals surface area (Å²) >= 11 is 0. The molecule has 1 aliphatic heterocycles. The fourth-order valence-electron chi connectivity index (χ4n) is 3.56. The van der Waals surface area contributed by atoms with Crippen LogP contribution in [0, 0.1) is 6.92 Å². The maximum Gasteiger partial charge on any atom is 0.261 e. The van der Waals surface area contributed by atoms with Gasteiger partial charge in [-0.25, -0.2) is 8.42 Å². The summed E-state index contributed by atoms with van der Waals surface area (Å²) in [7, 11) is -1.86. The SMILES string of the molecule is Cc1ccc2c(c1)OC(C)(C)CC2NC(=O)C(C)Oc1ccc(N(C)S(C)(=O)=O)cc1. The maximum absolute atomic E-state index is 12.8. The molecule has 0 bridgehead atoms. The molecule has 1 aliphatic rings. The summed E-state index contributed by atoms with van der Waals surface area (Å²) < 4.78 is 36.4. The van der Waals surface area contributed by atoms with E-state index in [1.807, 2.05) is 39.0 Å². The van der Waals surface area contributed by atoms with E-state index in [1.54, 1.807) is 31.2 Å². The van der Waals surface area contributed by atoms with E-state index in [4.69, 9.17) is 9.47 Å². The molecule has 2 atom stereocenters. The minimum absolute atomic E-state index is 0.177. The minimum atomic E-state index is -3.34. The van der Waals surface area contributed by atoms with E-state index >= 15 is 0 Å². The standard InChI is InChI=1S/C23H30N2O5S/c1-15-7-12-19-20(14-23(3,4)30-21(19)13-15)24-22(26)16(2)29-18-10-8-17(9-11-18)25(5)31(6,27)28/h7-13,16,20H,14H2,1-6H3,(H,24,26). The number of sulfonamides is 1. The minimum Gasteiger partial charge on any atom is -0.487 e. The molecule has 0 radical (unpaired) electrons. The van der Waals surface area contributed by atoms with Gasteiger partial charge in [-0.3, -0.25) is 9.10 Å². The van der Waals surface area contributed by atoms with Crippen LogP contribution in [0.25, 0.3) is 0 Å². The molecule has 3 rings (SSSR count). The quantitative estimate of drug-likeness (QED) is 0.733. The molecular weight excluding hydrogens is 416 g/mol. The molecule has 2 aromatic rings. The molecule has 1 amide bonds. The second-order valence-electron chi connectivity index (χ2n) is 8.65. The van der Waals surface area contributed by atoms with Crippen molar-refractivity contribution in [2.24, 2.45) is 0 Å². The highest BCUT2D eigenvalue weighted by Gasteiger charge is 2.35. The van der Waals surface area contributed by atoms with Crippen LogP contribution in [0.3, 0.4) is 0 Å². The van der Waals surface area contributed by atoms with E-state index in [2.05, 4.69) is 5.32 Å². The number of rotatable bonds is 6. The topological polar surface area (TPSA) is 84.9 Å². The predicted octanol–water partition coefficient (Wildman–Crippen LogP) is 3.58. The van der Waals surface area contributed by atoms with Gasteiger partial charge in [0.05, 0.1) is 18.0 Å². The van der Waals surface area contributed by atoms with Gasteiger partial charge in [0.15, 0.2) is 6.10 Å². The molecule has 0 saturated heterocycles. The lowest BCUT2D eigenvalue weighted by Crippen LogP contribution is -2.44. The Morgan fingerprint density at radius 3 is 2.48 bits per heavy atom. The fraction of sp³-hybridized carbons (Fsp3) is 0.435. The molecule has 0 spiro atoms. The van der Waals surface area contributed by atoms with Crippen LogP contribution in [0.1, 0.15) is 44.4 Å². The van der Waals surface area contributed by atoms with Crippen molar-refractivity contribution in [2.75, 3.05) is 17.6 Å². The summed E-state index contributed by atoms with van der Waals surface area (Å²) in [5, 5.41) is 3.09. The van der Waals surface area contributed by atoms with Crippen molar-refractivity contribution in [2.45, 2.75) is 51.9 Å². The second kappa shape index (κ2) is 8.42. The van der Waals surface area contributed by atoms with Crippen LogP contribution in [-0.4, -0.2) is 39.3 Å². The number of ether oxygens (including phenoxy) is 2. The normalized spacial score (nSPS) is 18.3. The number of benzene rings is 2. The summed E-state index contributed by atoms with van der Waals surface area (Å²) in [6.45, 7) is 7.71. The van der Waals surface area contributed by atoms with Crippen molar-refractivity contribution in [3.8, 4) is 11.5 Å². The third-order valence-electron chi connectivity index (χ3n) is 5.32. The largest absolute Gasteiger partial charge is 0.487 e. The Hall–Kier alpha value is -2.74. The van der Waals surface area contributed by atoms with Crippen molar-refractivity contribution in [1.29, 1.82) is 0 Å². The van der Waals surface area contributed by atoms with Crippen molar-refractivity contribution in [1.82, 2.24) is 5.32 Å². The Morgan fingerprint density at radius 1 is 1.23 bits per heavy atom. The molecule has 1 heterocycles. The number of hydrogen-bond donors (Lipinski definition) is 1. The summed E-state index contributed by atoms with van der Waals surface area (Å²) in [6, 6.07) is 12.4. The lowest BCUT2D eigenvalue weighted by Gasteiger charge is -2.38. The van der Waals surface area contributed by atoms with Gasteiger partial charge in [0.25, 0.3) is 5.91 Å². The van der Waals surface area contributed by atoms with Gasteiger partial charge in [-0.15, -0.1) is 0 Å². The molecule has 8 heteroatoms. The third-order valence-corrected chi connectivity index (χ3v) is 6.53. The second-order valence-corrected chi connectivity index (χ2v) is 10.7. The molecule has 7 nitrogen and oxygen atoms in total. The van der Waals surface area contributed by atoms with Crippen LogP contribution in [0.4, 0.5) is 5.69 Å². The zero-order valence-corrected chi connectivity index (χ0v) is 19.6. The Morgan fingerprint density at radius 2 is 1.87 bits per heavy atom. The van der Waals surface area contributed by atoms with E-state index in [9.17, 15) is 13.2 Å². The predicted molar refractivity (Wildman–Crippen MR) is 121 cm³/mol. The highest BCUT2D eigenvalue weighted by atomic mass is 32.2. The number of anilines is 1. The summed E-state index contributed by atoms with van der Waals surface area (Å²) in [4.78, 5) is 12.8. The van der Waals surface area contributed by atoms with Crippen LogP contribution in [0.15, 0.2) is 42.5 Å². The van der Waals surface area contributed by atoms with Crippen molar-refractivity contribution in [3.05, 3.63) is 53.6 Å². The molecule has 2 unspecified atom stereocenters. The van der Waals surface area contributed by atoms with Gasteiger partial charge < -0.3 is 14.8 Å². The fourth-order valence-corrected chi connectivity index (χ4v) is 4.06. The van der Waals surface area contributed by atoms with Crippen LogP contribution < -0.4 is 19.1 Å². The lowest BCUT2D eigenvalue weighted by molar-refractivity contribution is -0.128. The highest BCUT2D eigenvalue weighted by molar-refractivity contribution is 7.92. The number of nitrogens with zero attached hydrogens (tertiary/aromatic N) is 1. The number of fused-ring (bicyclic) bond motifs is 1. The van der Waals surface area contributed by atoms with E-state index in [1.165, 1.54) is 11.4 Å². The smallest absolute Gasteiger partial charge is 0.261 e. The Labute approximate surface area is 184 Å². The highest BCUT2D eigenvalue weighted by Crippen LogP contribution is 2.40. The van der Waals surface area contributed by atoms with Crippen molar-refractivity contribution < 1.29 is 22.7 Å². The number of carbonyl (C=O) groups excluding carboxylic acids is 1. The molecule has 168 valence electrons. The van der Waals surface area contributed by atoms with Gasteiger partial charge in [-0.05, 0) is 63.6 Å². The molecule has 0 saturated carbocycles. The first-order valence-corrected chi connectivity index (χ1v) is 12.0. The van der Waals surface area contributed by atoms with E-state index in [0.29, 0.717) is 17.9 Å². The molecule has 2 aromatic carbocycles. The number of hydrogen-bond acceptors (Lipinski definition) is 5. The average Bonchev–Trinajstić information content (AvgIpc) is 2.66. The first-order valence-electron chi connectivity index (χ1n) is 10.2. The van der Waals surface area contributed by atoms with Gasteiger partial charge in [-0.2, -0.15) is 0 Å². The van der Waals surface area contributed by atoms with Crippen molar-refractivity contribution in [3.63, 3.8) is 0 Å². The molecule has 1 N–H and O–H groups in total. The van der Waals surface area contributed by atoms with Crippen LogP contribution in [0.2, 0.25) is 0 Å². The average molecular weight is 447 g/mol. The summed E-state index contributed by atoms with van der Waals surface area (Å²) in [6.07, 6.45) is 1.06. The van der Waals surface area contributed by atoms with E-state index in [-0.39, 0.29) is 11.9 Å². The number of amides is 1. The van der Waals surface area contributed by atoms with E-state index < -0.39 is 21.7 Å². The van der Waals surface area contributed by atoms with Gasteiger partial charge in [-0.1, -0.05) is 12.1 Å². The van der Waals surface area contributed by atoms with Crippen LogP contribution in [-0.2, 0) is 14.8 Å². The van der Waals surface area contributed by atoms with Gasteiger partial charge in [0.2, 0.25) is 10.0 Å². The summed E-state index contributed by atoms with van der Waals surface area (Å²) in [5.74, 6) is 1.05. The van der Waals surface area contributed by atoms with Gasteiger partial charge in [0, 0.05) is 19.0 Å². The van der Waals surface area contributed by atoms with Crippen LogP contribution >= 0.6 is 0 Å². The third kappa shape index (κ3) is 5.50. The Bertz CT molecular complexity index is 1060. The molecule has 31 heavy (non-hydrogen) atoms. The molecule has 0 fully saturated rings. The monoisotopic (exact) mass is 446 g/mol. The number of aryl methyl sites for hydroxylation is 1. The maximum atomic E-state index is 12.8. The van der Waals surface area contributed by atoms with Crippen molar-refractivity contribution >= 4 is 21.6 Å². The van der Waals surface area contributed by atoms with Gasteiger partial charge >= 0.3 is 0 Å². The first-order chi connectivity index (χ1) is 14.4. The Kier molecular flexibility index (Phi) is 6.23. The number of carbonyl (C=O) groups is 1. The van der Waals surface area contributed by atoms with Crippen LogP contribution in [0.5, 0.6) is 11.5 Å². The lowest BCUT2D eigenvalue weighted by atomic mass is 9.89. The van der Waals surface area contributed by atoms with Gasteiger partial charge in [0.1, 0.15) is 17.1 Å². The zero-order chi connectivity index (χ0) is 23.0. The molecule has 0 aliphatic carbocycles.